The lowest BCUT2D eigenvalue weighted by molar-refractivity contribution is -0.122. The molecule has 1 aliphatic heterocycles. The summed E-state index contributed by atoms with van der Waals surface area (Å²) in [6.07, 6.45) is 3.95. The zero-order chi connectivity index (χ0) is 29.2. The van der Waals surface area contributed by atoms with Crippen LogP contribution >= 0.6 is 35.0 Å². The van der Waals surface area contributed by atoms with Crippen molar-refractivity contribution >= 4 is 74.7 Å². The number of aromatic nitrogens is 1. The monoisotopic (exact) mass is 611 g/mol. The third kappa shape index (κ3) is 5.85. The first kappa shape index (κ1) is 27.8. The fourth-order valence-corrected chi connectivity index (χ4v) is 6.09. The predicted molar refractivity (Wildman–Crippen MR) is 171 cm³/mol. The Hall–Kier alpha value is -4.30. The van der Waals surface area contributed by atoms with Gasteiger partial charge in [0.05, 0.1) is 32.7 Å². The molecule has 0 aliphatic carbocycles. The summed E-state index contributed by atoms with van der Waals surface area (Å²) in [4.78, 5) is 32.1. The zero-order valence-electron chi connectivity index (χ0n) is 22.1. The van der Waals surface area contributed by atoms with Gasteiger partial charge >= 0.3 is 5.97 Å². The fourth-order valence-electron chi connectivity index (χ4n) is 4.78. The van der Waals surface area contributed by atoms with Crippen LogP contribution in [0.4, 0.5) is 5.69 Å². The van der Waals surface area contributed by atoms with Crippen molar-refractivity contribution in [1.29, 1.82) is 0 Å². The summed E-state index contributed by atoms with van der Waals surface area (Å²) in [5, 5.41) is 11.8. The number of para-hydroxylation sites is 2. The van der Waals surface area contributed by atoms with Crippen LogP contribution in [0.3, 0.4) is 0 Å². The molecule has 1 fully saturated rings. The number of halogens is 2. The van der Waals surface area contributed by atoms with Crippen LogP contribution in [0.15, 0.2) is 113 Å². The van der Waals surface area contributed by atoms with E-state index in [1.807, 2.05) is 79.0 Å². The highest BCUT2D eigenvalue weighted by atomic mass is 35.5. The number of aliphatic imine (C=N–C) groups is 1. The average Bonchev–Trinajstić information content (AvgIpc) is 3.48. The summed E-state index contributed by atoms with van der Waals surface area (Å²) in [6, 6.07) is 29.7. The summed E-state index contributed by atoms with van der Waals surface area (Å²) < 4.78 is 2.13. The molecule has 208 valence electrons. The van der Waals surface area contributed by atoms with E-state index in [0.29, 0.717) is 26.7 Å². The first-order valence-electron chi connectivity index (χ1n) is 13.0. The minimum atomic E-state index is -0.996. The second kappa shape index (κ2) is 11.9. The van der Waals surface area contributed by atoms with Crippen molar-refractivity contribution < 1.29 is 14.7 Å². The molecule has 42 heavy (non-hydrogen) atoms. The SMILES string of the molecule is O=C(O)c1ccc(CN2C(=O)/C(=C/c3cn(Cc4ccc(Cl)c(Cl)c4)c4ccccc34)SC2=Nc2ccccc2)cc1. The molecule has 0 unspecified atom stereocenters. The molecule has 1 aliphatic rings. The van der Waals surface area contributed by atoms with Gasteiger partial charge in [-0.3, -0.25) is 9.69 Å². The number of thioether (sulfide) groups is 1. The van der Waals surface area contributed by atoms with Crippen molar-refractivity contribution in [1.82, 2.24) is 9.47 Å². The van der Waals surface area contributed by atoms with Gasteiger partial charge in [-0.05, 0) is 71.4 Å². The minimum absolute atomic E-state index is 0.168. The summed E-state index contributed by atoms with van der Waals surface area (Å²) >= 11 is 13.7. The topological polar surface area (TPSA) is 74.9 Å². The van der Waals surface area contributed by atoms with Gasteiger partial charge in [0.1, 0.15) is 0 Å². The number of hydrogen-bond acceptors (Lipinski definition) is 4. The molecule has 4 aromatic carbocycles. The molecular formula is C33H23Cl2N3O3S. The smallest absolute Gasteiger partial charge is 0.335 e. The van der Waals surface area contributed by atoms with E-state index >= 15 is 0 Å². The largest absolute Gasteiger partial charge is 0.478 e. The Morgan fingerprint density at radius 2 is 1.57 bits per heavy atom. The maximum Gasteiger partial charge on any atom is 0.335 e. The molecule has 2 heterocycles. The van der Waals surface area contributed by atoms with Crippen LogP contribution in [0.5, 0.6) is 0 Å². The summed E-state index contributed by atoms with van der Waals surface area (Å²) in [5.74, 6) is -1.16. The molecule has 0 radical (unpaired) electrons. The summed E-state index contributed by atoms with van der Waals surface area (Å²) in [7, 11) is 0. The lowest BCUT2D eigenvalue weighted by atomic mass is 10.1. The number of benzene rings is 4. The number of hydrogen-bond donors (Lipinski definition) is 1. The van der Waals surface area contributed by atoms with Gasteiger partial charge in [-0.2, -0.15) is 0 Å². The molecule has 1 N–H and O–H groups in total. The van der Waals surface area contributed by atoms with Crippen LogP contribution < -0.4 is 0 Å². The van der Waals surface area contributed by atoms with E-state index in [-0.39, 0.29) is 18.0 Å². The number of fused-ring (bicyclic) bond motifs is 1. The first-order valence-corrected chi connectivity index (χ1v) is 14.6. The van der Waals surface area contributed by atoms with E-state index in [9.17, 15) is 14.7 Å². The van der Waals surface area contributed by atoms with Gasteiger partial charge < -0.3 is 9.67 Å². The van der Waals surface area contributed by atoms with E-state index in [4.69, 9.17) is 28.2 Å². The molecule has 6 rings (SSSR count). The van der Waals surface area contributed by atoms with Gasteiger partial charge in [-0.15, -0.1) is 0 Å². The number of carbonyl (C=O) groups is 2. The van der Waals surface area contributed by atoms with Gasteiger partial charge in [-0.1, -0.05) is 77.8 Å². The van der Waals surface area contributed by atoms with E-state index in [2.05, 4.69) is 4.57 Å². The van der Waals surface area contributed by atoms with Gasteiger partial charge in [0.25, 0.3) is 5.91 Å². The molecule has 9 heteroatoms. The van der Waals surface area contributed by atoms with Gasteiger partial charge in [0, 0.05) is 29.2 Å². The Labute approximate surface area is 256 Å². The minimum Gasteiger partial charge on any atom is -0.478 e. The normalized spacial score (nSPS) is 15.3. The zero-order valence-corrected chi connectivity index (χ0v) is 24.4. The first-order chi connectivity index (χ1) is 20.4. The Morgan fingerprint density at radius 1 is 0.857 bits per heavy atom. The maximum absolute atomic E-state index is 13.8. The molecule has 1 saturated heterocycles. The van der Waals surface area contributed by atoms with Crippen molar-refractivity contribution in [3.05, 3.63) is 140 Å². The van der Waals surface area contributed by atoms with Gasteiger partial charge in [0.15, 0.2) is 5.17 Å². The van der Waals surface area contributed by atoms with Crippen molar-refractivity contribution in [2.75, 3.05) is 0 Å². The van der Waals surface area contributed by atoms with Crippen LogP contribution in [-0.4, -0.2) is 31.6 Å². The van der Waals surface area contributed by atoms with Gasteiger partial charge in [-0.25, -0.2) is 9.79 Å². The molecule has 5 aromatic rings. The Bertz CT molecular complexity index is 1880. The average molecular weight is 613 g/mol. The number of aromatic carboxylic acids is 1. The highest BCUT2D eigenvalue weighted by Gasteiger charge is 2.34. The van der Waals surface area contributed by atoms with Crippen molar-refractivity contribution in [3.63, 3.8) is 0 Å². The summed E-state index contributed by atoms with van der Waals surface area (Å²) in [5.41, 5.74) is 4.67. The van der Waals surface area contributed by atoms with Crippen LogP contribution in [-0.2, 0) is 17.9 Å². The molecule has 0 saturated carbocycles. The number of nitrogens with zero attached hydrogens (tertiary/aromatic N) is 3. The van der Waals surface area contributed by atoms with E-state index < -0.39 is 5.97 Å². The van der Waals surface area contributed by atoms with Crippen LogP contribution in [0.2, 0.25) is 10.0 Å². The standard InChI is InChI=1S/C33H23Cl2N3O3S/c34-27-15-12-22(16-28(27)35)18-37-20-24(26-8-4-5-9-29(26)37)17-30-31(39)38(19-21-10-13-23(14-11-21)32(40)41)33(42-30)36-25-6-2-1-3-7-25/h1-17,20H,18-19H2,(H,40,41)/b30-17-,36-33?. The third-order valence-electron chi connectivity index (χ3n) is 6.85. The lowest BCUT2D eigenvalue weighted by Crippen LogP contribution is -2.28. The highest BCUT2D eigenvalue weighted by Crippen LogP contribution is 2.37. The Morgan fingerprint density at radius 3 is 2.31 bits per heavy atom. The van der Waals surface area contributed by atoms with Crippen molar-refractivity contribution in [2.24, 2.45) is 4.99 Å². The molecule has 0 spiro atoms. The number of carbonyl (C=O) groups excluding carboxylic acids is 1. The van der Waals surface area contributed by atoms with Crippen molar-refractivity contribution in [2.45, 2.75) is 13.1 Å². The number of carboxylic acids is 1. The van der Waals surface area contributed by atoms with Crippen molar-refractivity contribution in [3.8, 4) is 0 Å². The second-order valence-electron chi connectivity index (χ2n) is 9.71. The van der Waals surface area contributed by atoms with E-state index in [1.165, 1.54) is 11.8 Å². The fraction of sp³-hybridized carbons (Fsp3) is 0.0606. The Kier molecular flexibility index (Phi) is 7.89. The number of rotatable bonds is 7. The van der Waals surface area contributed by atoms with Crippen LogP contribution in [0.25, 0.3) is 17.0 Å². The van der Waals surface area contributed by atoms with E-state index in [1.54, 1.807) is 35.2 Å². The number of amidine groups is 1. The van der Waals surface area contributed by atoms with E-state index in [0.717, 1.165) is 33.3 Å². The molecule has 0 atom stereocenters. The lowest BCUT2D eigenvalue weighted by Gasteiger charge is -2.16. The van der Waals surface area contributed by atoms with Crippen LogP contribution in [0, 0.1) is 0 Å². The Balaban J connectivity index is 1.36. The predicted octanol–water partition coefficient (Wildman–Crippen LogP) is 8.50. The second-order valence-corrected chi connectivity index (χ2v) is 11.5. The molecule has 1 aromatic heterocycles. The molecule has 6 nitrogen and oxygen atoms in total. The summed E-state index contributed by atoms with van der Waals surface area (Å²) in [6.45, 7) is 0.842. The van der Waals surface area contributed by atoms with Gasteiger partial charge in [0.2, 0.25) is 0 Å². The van der Waals surface area contributed by atoms with Crippen LogP contribution in [0.1, 0.15) is 27.0 Å². The quantitative estimate of drug-likeness (QED) is 0.187. The molecule has 0 bridgehead atoms. The molecular weight excluding hydrogens is 589 g/mol. The maximum atomic E-state index is 13.8. The molecule has 1 amide bonds. The number of carboxylic acid groups (broad SMARTS) is 1. The number of amides is 1. The third-order valence-corrected chi connectivity index (χ3v) is 8.60. The highest BCUT2D eigenvalue weighted by molar-refractivity contribution is 8.18.